The Bertz CT molecular complexity index is 285. The van der Waals surface area contributed by atoms with Gasteiger partial charge in [-0.3, -0.25) is 4.90 Å². The standard InChI is InChI=1S/C13H26N4O/c1-10(16(2)12-3-4-12)9-15-11-5-7-17(8-6-11)13(14)18/h10-12,15H,3-9H2,1-2H3,(H2,14,18). The van der Waals surface area contributed by atoms with Crippen LogP contribution in [-0.2, 0) is 0 Å². The van der Waals surface area contributed by atoms with Crippen molar-refractivity contribution in [1.29, 1.82) is 0 Å². The number of urea groups is 1. The zero-order chi connectivity index (χ0) is 13.1. The van der Waals surface area contributed by atoms with Gasteiger partial charge in [0.1, 0.15) is 0 Å². The molecule has 1 saturated heterocycles. The molecule has 1 atom stereocenters. The molecule has 1 aliphatic carbocycles. The van der Waals surface area contributed by atoms with Crippen LogP contribution in [0.1, 0.15) is 32.6 Å². The number of carbonyl (C=O) groups excluding carboxylic acids is 1. The predicted octanol–water partition coefficient (Wildman–Crippen LogP) is 0.602. The maximum absolute atomic E-state index is 11.0. The summed E-state index contributed by atoms with van der Waals surface area (Å²) in [4.78, 5) is 15.2. The quantitative estimate of drug-likeness (QED) is 0.755. The molecule has 18 heavy (non-hydrogen) atoms. The van der Waals surface area contributed by atoms with E-state index in [2.05, 4.69) is 24.2 Å². The molecule has 1 unspecified atom stereocenters. The number of rotatable bonds is 5. The fraction of sp³-hybridized carbons (Fsp3) is 0.923. The van der Waals surface area contributed by atoms with E-state index < -0.39 is 0 Å². The molecule has 0 radical (unpaired) electrons. The molecule has 1 heterocycles. The fourth-order valence-electron chi connectivity index (χ4n) is 2.63. The molecule has 2 fully saturated rings. The highest BCUT2D eigenvalue weighted by molar-refractivity contribution is 5.72. The van der Waals surface area contributed by atoms with E-state index in [1.165, 1.54) is 12.8 Å². The van der Waals surface area contributed by atoms with Crippen molar-refractivity contribution in [3.8, 4) is 0 Å². The smallest absolute Gasteiger partial charge is 0.314 e. The van der Waals surface area contributed by atoms with Gasteiger partial charge in [-0.15, -0.1) is 0 Å². The molecule has 0 aromatic rings. The second-order valence-corrected chi connectivity index (χ2v) is 5.75. The van der Waals surface area contributed by atoms with E-state index in [9.17, 15) is 4.79 Å². The van der Waals surface area contributed by atoms with Crippen molar-refractivity contribution in [1.82, 2.24) is 15.1 Å². The van der Waals surface area contributed by atoms with Gasteiger partial charge in [-0.2, -0.15) is 0 Å². The van der Waals surface area contributed by atoms with E-state index >= 15 is 0 Å². The van der Waals surface area contributed by atoms with Crippen LogP contribution in [0.3, 0.4) is 0 Å². The molecule has 2 rings (SSSR count). The van der Waals surface area contributed by atoms with Gasteiger partial charge in [0, 0.05) is 37.8 Å². The lowest BCUT2D eigenvalue weighted by atomic mass is 10.1. The molecule has 5 nitrogen and oxygen atoms in total. The zero-order valence-corrected chi connectivity index (χ0v) is 11.6. The first-order chi connectivity index (χ1) is 8.58. The highest BCUT2D eigenvalue weighted by atomic mass is 16.2. The number of nitrogens with one attached hydrogen (secondary N) is 1. The SMILES string of the molecule is CC(CNC1CCN(C(N)=O)CC1)N(C)C1CC1. The number of likely N-dealkylation sites (N-methyl/N-ethyl adjacent to an activating group) is 1. The summed E-state index contributed by atoms with van der Waals surface area (Å²) in [6.07, 6.45) is 4.75. The van der Waals surface area contributed by atoms with Crippen LogP contribution in [0.5, 0.6) is 0 Å². The molecule has 0 aromatic carbocycles. The van der Waals surface area contributed by atoms with Gasteiger partial charge in [-0.1, -0.05) is 0 Å². The van der Waals surface area contributed by atoms with Crippen molar-refractivity contribution in [3.63, 3.8) is 0 Å². The Morgan fingerprint density at radius 2 is 2.00 bits per heavy atom. The lowest BCUT2D eigenvalue weighted by molar-refractivity contribution is 0.179. The minimum Gasteiger partial charge on any atom is -0.351 e. The van der Waals surface area contributed by atoms with E-state index in [0.717, 1.165) is 38.5 Å². The van der Waals surface area contributed by atoms with Crippen LogP contribution in [0.15, 0.2) is 0 Å². The molecule has 104 valence electrons. The summed E-state index contributed by atoms with van der Waals surface area (Å²) in [7, 11) is 2.22. The molecule has 1 saturated carbocycles. The minimum absolute atomic E-state index is 0.282. The molecule has 3 N–H and O–H groups in total. The first kappa shape index (κ1) is 13.6. The van der Waals surface area contributed by atoms with Gasteiger partial charge in [0.2, 0.25) is 0 Å². The third-order valence-corrected chi connectivity index (χ3v) is 4.33. The first-order valence-electron chi connectivity index (χ1n) is 7.07. The van der Waals surface area contributed by atoms with Crippen molar-refractivity contribution in [2.24, 2.45) is 5.73 Å². The fourth-order valence-corrected chi connectivity index (χ4v) is 2.63. The Kier molecular flexibility index (Phi) is 4.45. The van der Waals surface area contributed by atoms with Crippen molar-refractivity contribution in [2.45, 2.75) is 50.7 Å². The summed E-state index contributed by atoms with van der Waals surface area (Å²) in [6, 6.07) is 1.66. The maximum atomic E-state index is 11.0. The molecule has 1 aliphatic heterocycles. The number of piperidine rings is 1. The van der Waals surface area contributed by atoms with Crippen LogP contribution in [0.4, 0.5) is 4.79 Å². The Labute approximate surface area is 110 Å². The van der Waals surface area contributed by atoms with Crippen LogP contribution in [0.2, 0.25) is 0 Å². The largest absolute Gasteiger partial charge is 0.351 e. The minimum atomic E-state index is -0.282. The molecule has 0 spiro atoms. The molecular formula is C13H26N4O. The number of hydrogen-bond acceptors (Lipinski definition) is 3. The number of hydrogen-bond donors (Lipinski definition) is 2. The van der Waals surface area contributed by atoms with Crippen LogP contribution in [0, 0.1) is 0 Å². The Hall–Kier alpha value is -0.810. The normalized spacial score (nSPS) is 23.4. The molecule has 2 amide bonds. The van der Waals surface area contributed by atoms with Gasteiger partial charge in [0.25, 0.3) is 0 Å². The van der Waals surface area contributed by atoms with E-state index in [4.69, 9.17) is 5.73 Å². The highest BCUT2D eigenvalue weighted by Gasteiger charge is 2.29. The van der Waals surface area contributed by atoms with Crippen molar-refractivity contribution >= 4 is 6.03 Å². The second-order valence-electron chi connectivity index (χ2n) is 5.75. The lowest BCUT2D eigenvalue weighted by Crippen LogP contribution is -2.49. The summed E-state index contributed by atoms with van der Waals surface area (Å²) in [5.41, 5.74) is 5.27. The number of primary amides is 1. The average molecular weight is 254 g/mol. The Morgan fingerprint density at radius 1 is 1.39 bits per heavy atom. The summed E-state index contributed by atoms with van der Waals surface area (Å²) < 4.78 is 0. The van der Waals surface area contributed by atoms with E-state index in [0.29, 0.717) is 12.1 Å². The average Bonchev–Trinajstić information content (AvgIpc) is 3.19. The van der Waals surface area contributed by atoms with E-state index in [1.807, 2.05) is 0 Å². The van der Waals surface area contributed by atoms with Gasteiger partial charge in [0.15, 0.2) is 0 Å². The third kappa shape index (κ3) is 3.59. The second kappa shape index (κ2) is 5.89. The molecular weight excluding hydrogens is 228 g/mol. The topological polar surface area (TPSA) is 61.6 Å². The van der Waals surface area contributed by atoms with Gasteiger partial charge in [-0.05, 0) is 39.7 Å². The van der Waals surface area contributed by atoms with Gasteiger partial charge >= 0.3 is 6.03 Å². The highest BCUT2D eigenvalue weighted by Crippen LogP contribution is 2.26. The van der Waals surface area contributed by atoms with Crippen LogP contribution in [0.25, 0.3) is 0 Å². The van der Waals surface area contributed by atoms with Gasteiger partial charge in [0.05, 0.1) is 0 Å². The summed E-state index contributed by atoms with van der Waals surface area (Å²) in [5, 5.41) is 3.62. The summed E-state index contributed by atoms with van der Waals surface area (Å²) in [5.74, 6) is 0. The number of nitrogens with zero attached hydrogens (tertiary/aromatic N) is 2. The number of amides is 2. The molecule has 5 heteroatoms. The van der Waals surface area contributed by atoms with Crippen molar-refractivity contribution in [2.75, 3.05) is 26.7 Å². The third-order valence-electron chi connectivity index (χ3n) is 4.33. The first-order valence-corrected chi connectivity index (χ1v) is 7.07. The van der Waals surface area contributed by atoms with Crippen molar-refractivity contribution < 1.29 is 4.79 Å². The molecule has 0 aromatic heterocycles. The van der Waals surface area contributed by atoms with Crippen LogP contribution < -0.4 is 11.1 Å². The van der Waals surface area contributed by atoms with Crippen LogP contribution in [-0.4, -0.2) is 60.6 Å². The molecule has 2 aliphatic rings. The Balaban J connectivity index is 1.64. The van der Waals surface area contributed by atoms with Crippen molar-refractivity contribution in [3.05, 3.63) is 0 Å². The van der Waals surface area contributed by atoms with Crippen LogP contribution >= 0.6 is 0 Å². The number of carbonyl (C=O) groups is 1. The summed E-state index contributed by atoms with van der Waals surface area (Å²) in [6.45, 7) is 4.90. The monoisotopic (exact) mass is 254 g/mol. The summed E-state index contributed by atoms with van der Waals surface area (Å²) >= 11 is 0. The van der Waals surface area contributed by atoms with Gasteiger partial charge in [-0.25, -0.2) is 4.79 Å². The number of likely N-dealkylation sites (tertiary alicyclic amines) is 1. The maximum Gasteiger partial charge on any atom is 0.314 e. The molecule has 0 bridgehead atoms. The van der Waals surface area contributed by atoms with E-state index in [1.54, 1.807) is 4.90 Å². The lowest BCUT2D eigenvalue weighted by Gasteiger charge is -2.33. The number of nitrogens with two attached hydrogens (primary N) is 1. The predicted molar refractivity (Wildman–Crippen MR) is 72.4 cm³/mol. The zero-order valence-electron chi connectivity index (χ0n) is 11.6. The Morgan fingerprint density at radius 3 is 2.50 bits per heavy atom. The van der Waals surface area contributed by atoms with E-state index in [-0.39, 0.29) is 6.03 Å². The van der Waals surface area contributed by atoms with Gasteiger partial charge < -0.3 is 16.0 Å².